The lowest BCUT2D eigenvalue weighted by Gasteiger charge is -2.06. The van der Waals surface area contributed by atoms with Gasteiger partial charge in [0.1, 0.15) is 5.56 Å². The number of aliphatic carboxylic acids is 1. The largest absolute Gasteiger partial charge is 0.479 e. The van der Waals surface area contributed by atoms with Crippen molar-refractivity contribution >= 4 is 11.9 Å². The van der Waals surface area contributed by atoms with Gasteiger partial charge in [0.15, 0.2) is 6.61 Å². The van der Waals surface area contributed by atoms with Crippen LogP contribution in [-0.2, 0) is 9.63 Å². The molecule has 1 aromatic heterocycles. The third kappa shape index (κ3) is 3.11. The first-order chi connectivity index (χ1) is 7.93. The predicted molar refractivity (Wildman–Crippen MR) is 55.4 cm³/mol. The normalized spacial score (nSPS) is 10.0. The van der Waals surface area contributed by atoms with Crippen molar-refractivity contribution in [3.8, 4) is 0 Å². The number of H-pyrrole nitrogens is 1. The van der Waals surface area contributed by atoms with Crippen molar-refractivity contribution in [1.82, 2.24) is 15.7 Å². The number of hydrogen-bond acceptors (Lipinski definition) is 5. The Bertz CT molecular complexity index is 508. The molecular formula is C9H11N3O5. The number of aromatic nitrogens is 2. The molecule has 1 heterocycles. The Labute approximate surface area is 95.6 Å². The Morgan fingerprint density at radius 3 is 2.71 bits per heavy atom. The molecule has 0 fully saturated rings. The Balaban J connectivity index is 2.86. The van der Waals surface area contributed by atoms with E-state index < -0.39 is 24.0 Å². The number of aryl methyl sites for hydroxylation is 1. The van der Waals surface area contributed by atoms with Gasteiger partial charge in [0.2, 0.25) is 0 Å². The van der Waals surface area contributed by atoms with E-state index in [0.717, 1.165) is 0 Å². The molecule has 92 valence electrons. The second-order valence-electron chi connectivity index (χ2n) is 3.25. The topological polar surface area (TPSA) is 121 Å². The van der Waals surface area contributed by atoms with Gasteiger partial charge in [-0.25, -0.2) is 15.4 Å². The molecule has 1 aromatic rings. The lowest BCUT2D eigenvalue weighted by atomic mass is 10.1. The van der Waals surface area contributed by atoms with Crippen LogP contribution in [0.15, 0.2) is 4.79 Å². The van der Waals surface area contributed by atoms with Crippen molar-refractivity contribution in [3.05, 3.63) is 27.2 Å². The van der Waals surface area contributed by atoms with Gasteiger partial charge in [-0.05, 0) is 19.4 Å². The van der Waals surface area contributed by atoms with Crippen molar-refractivity contribution in [2.24, 2.45) is 0 Å². The fourth-order valence-corrected chi connectivity index (χ4v) is 1.11. The van der Waals surface area contributed by atoms with Crippen LogP contribution >= 0.6 is 0 Å². The highest BCUT2D eigenvalue weighted by Crippen LogP contribution is 2.04. The van der Waals surface area contributed by atoms with E-state index in [9.17, 15) is 14.4 Å². The van der Waals surface area contributed by atoms with E-state index in [4.69, 9.17) is 5.11 Å². The van der Waals surface area contributed by atoms with Crippen molar-refractivity contribution in [3.63, 3.8) is 0 Å². The monoisotopic (exact) mass is 241 g/mol. The average molecular weight is 241 g/mol. The number of hydrogen-bond donors (Lipinski definition) is 3. The number of carboxylic acid groups (broad SMARTS) is 1. The summed E-state index contributed by atoms with van der Waals surface area (Å²) in [5, 5.41) is 14.1. The number of rotatable bonds is 4. The number of carbonyl (C=O) groups excluding carboxylic acids is 1. The molecule has 8 heteroatoms. The van der Waals surface area contributed by atoms with Crippen LogP contribution in [0.25, 0.3) is 0 Å². The number of amides is 1. The molecule has 0 aromatic carbocycles. The first-order valence-electron chi connectivity index (χ1n) is 4.63. The quantitative estimate of drug-likeness (QED) is 0.589. The highest BCUT2D eigenvalue weighted by molar-refractivity contribution is 5.94. The molecular weight excluding hydrogens is 230 g/mol. The summed E-state index contributed by atoms with van der Waals surface area (Å²) < 4.78 is 0. The summed E-state index contributed by atoms with van der Waals surface area (Å²) in [6.45, 7) is 2.50. The third-order valence-electron chi connectivity index (χ3n) is 2.06. The minimum atomic E-state index is -1.23. The van der Waals surface area contributed by atoms with E-state index in [1.54, 1.807) is 13.8 Å². The van der Waals surface area contributed by atoms with Crippen molar-refractivity contribution < 1.29 is 19.5 Å². The van der Waals surface area contributed by atoms with Crippen LogP contribution in [-0.4, -0.2) is 33.8 Å². The van der Waals surface area contributed by atoms with E-state index in [0.29, 0.717) is 11.3 Å². The fraction of sp³-hybridized carbons (Fsp3) is 0.333. The molecule has 0 atom stereocenters. The molecule has 0 aliphatic heterocycles. The van der Waals surface area contributed by atoms with E-state index in [-0.39, 0.29) is 5.56 Å². The first kappa shape index (κ1) is 12.8. The molecule has 0 saturated carbocycles. The minimum absolute atomic E-state index is 0.150. The minimum Gasteiger partial charge on any atom is -0.479 e. The number of carboxylic acids is 1. The number of nitrogens with one attached hydrogen (secondary N) is 2. The van der Waals surface area contributed by atoms with Crippen LogP contribution in [0.5, 0.6) is 0 Å². The van der Waals surface area contributed by atoms with Crippen LogP contribution in [0, 0.1) is 13.8 Å². The summed E-state index contributed by atoms with van der Waals surface area (Å²) in [4.78, 5) is 37.5. The van der Waals surface area contributed by atoms with Crippen LogP contribution in [0.4, 0.5) is 0 Å². The molecule has 0 radical (unpaired) electrons. The molecule has 0 aliphatic carbocycles. The highest BCUT2D eigenvalue weighted by atomic mass is 16.7. The Morgan fingerprint density at radius 2 is 2.12 bits per heavy atom. The van der Waals surface area contributed by atoms with E-state index >= 15 is 0 Å². The van der Waals surface area contributed by atoms with Gasteiger partial charge in [-0.1, -0.05) is 0 Å². The second-order valence-corrected chi connectivity index (χ2v) is 3.25. The second kappa shape index (κ2) is 5.21. The number of nitrogens with zero attached hydrogens (tertiary/aromatic N) is 1. The average Bonchev–Trinajstić information content (AvgIpc) is 2.23. The van der Waals surface area contributed by atoms with Crippen LogP contribution in [0.1, 0.15) is 21.6 Å². The molecule has 0 spiro atoms. The maximum Gasteiger partial charge on any atom is 0.332 e. The Hall–Kier alpha value is -2.22. The third-order valence-corrected chi connectivity index (χ3v) is 2.06. The van der Waals surface area contributed by atoms with Gasteiger partial charge in [0, 0.05) is 0 Å². The number of aromatic amines is 1. The van der Waals surface area contributed by atoms with Gasteiger partial charge in [0.05, 0.1) is 5.69 Å². The van der Waals surface area contributed by atoms with E-state index in [2.05, 4.69) is 15.0 Å². The molecule has 1 amide bonds. The summed E-state index contributed by atoms with van der Waals surface area (Å²) in [7, 11) is 0. The molecule has 3 N–H and O–H groups in total. The van der Waals surface area contributed by atoms with E-state index in [1.165, 1.54) is 0 Å². The Kier molecular flexibility index (Phi) is 3.94. The molecule has 0 unspecified atom stereocenters. The molecule has 0 aliphatic rings. The van der Waals surface area contributed by atoms with Crippen molar-refractivity contribution in [2.75, 3.05) is 6.61 Å². The van der Waals surface area contributed by atoms with Crippen molar-refractivity contribution in [1.29, 1.82) is 0 Å². The molecule has 17 heavy (non-hydrogen) atoms. The van der Waals surface area contributed by atoms with Gasteiger partial charge < -0.3 is 5.11 Å². The standard InChI is InChI=1S/C9H11N3O5/c1-4-5(2)10-11-8(15)7(4)9(16)12-17-3-6(13)14/h3H2,1-2H3,(H,11,15)(H,12,16)(H,13,14). The van der Waals surface area contributed by atoms with Gasteiger partial charge in [-0.2, -0.15) is 5.10 Å². The van der Waals surface area contributed by atoms with E-state index in [1.807, 2.05) is 5.48 Å². The summed E-state index contributed by atoms with van der Waals surface area (Å²) in [6.07, 6.45) is 0. The molecule has 8 nitrogen and oxygen atoms in total. The molecule has 1 rings (SSSR count). The van der Waals surface area contributed by atoms with Gasteiger partial charge >= 0.3 is 5.97 Å². The maximum absolute atomic E-state index is 11.5. The highest BCUT2D eigenvalue weighted by Gasteiger charge is 2.16. The SMILES string of the molecule is Cc1n[nH]c(=O)c(C(=O)NOCC(=O)O)c1C. The van der Waals surface area contributed by atoms with Gasteiger partial charge in [-0.3, -0.25) is 14.4 Å². The van der Waals surface area contributed by atoms with Crippen LogP contribution in [0.3, 0.4) is 0 Å². The van der Waals surface area contributed by atoms with Crippen molar-refractivity contribution in [2.45, 2.75) is 13.8 Å². The lowest BCUT2D eigenvalue weighted by Crippen LogP contribution is -2.33. The maximum atomic E-state index is 11.5. The Morgan fingerprint density at radius 1 is 1.47 bits per heavy atom. The zero-order chi connectivity index (χ0) is 13.0. The lowest BCUT2D eigenvalue weighted by molar-refractivity contribution is -0.144. The number of carbonyl (C=O) groups is 2. The summed E-state index contributed by atoms with van der Waals surface area (Å²) in [5.74, 6) is -2.04. The summed E-state index contributed by atoms with van der Waals surface area (Å²) >= 11 is 0. The van der Waals surface area contributed by atoms with Gasteiger partial charge in [0.25, 0.3) is 11.5 Å². The van der Waals surface area contributed by atoms with Gasteiger partial charge in [-0.15, -0.1) is 0 Å². The zero-order valence-electron chi connectivity index (χ0n) is 9.23. The molecule has 0 bridgehead atoms. The first-order valence-corrected chi connectivity index (χ1v) is 4.63. The zero-order valence-corrected chi connectivity index (χ0v) is 9.23. The van der Waals surface area contributed by atoms with Crippen LogP contribution < -0.4 is 11.0 Å². The summed E-state index contributed by atoms with van der Waals surface area (Å²) in [6, 6.07) is 0. The summed E-state index contributed by atoms with van der Waals surface area (Å²) in [5.41, 5.74) is 1.96. The smallest absolute Gasteiger partial charge is 0.332 e. The molecule has 0 saturated heterocycles. The fourth-order valence-electron chi connectivity index (χ4n) is 1.11. The predicted octanol–water partition coefficient (Wildman–Crippen LogP) is -0.867. The number of hydroxylamine groups is 1. The van der Waals surface area contributed by atoms with Crippen LogP contribution in [0.2, 0.25) is 0 Å².